The third-order valence-corrected chi connectivity index (χ3v) is 6.30. The van der Waals surface area contributed by atoms with Crippen molar-refractivity contribution < 1.29 is 4.79 Å². The normalized spacial score (nSPS) is 16.0. The Labute approximate surface area is 174 Å². The van der Waals surface area contributed by atoms with Gasteiger partial charge in [0.1, 0.15) is 0 Å². The molecule has 6 rings (SSSR count). The zero-order valence-electron chi connectivity index (χ0n) is 16.7. The van der Waals surface area contributed by atoms with Gasteiger partial charge in [-0.3, -0.25) is 4.79 Å². The standard InChI is InChI=1S/C26H21N3O/c1-28-16-22(19-9-5-7-13-24(19)28)25-20-10-2-3-11-21(20)26(30)29(25)15-17-14-27-23-12-6-4-8-18(17)23/h2-14,16,25,27H,15H2,1H3/t25-/m1/s1. The molecule has 3 heterocycles. The molecule has 1 amide bonds. The molecule has 4 heteroatoms. The highest BCUT2D eigenvalue weighted by atomic mass is 16.2. The maximum atomic E-state index is 13.5. The Morgan fingerprint density at radius 3 is 2.50 bits per heavy atom. The highest BCUT2D eigenvalue weighted by Crippen LogP contribution is 2.42. The van der Waals surface area contributed by atoms with Crippen molar-refractivity contribution in [2.24, 2.45) is 7.05 Å². The topological polar surface area (TPSA) is 41.0 Å². The number of hydrogen-bond acceptors (Lipinski definition) is 1. The molecule has 0 aliphatic carbocycles. The number of hydrogen-bond donors (Lipinski definition) is 1. The van der Waals surface area contributed by atoms with Gasteiger partial charge in [-0.1, -0.05) is 54.6 Å². The molecule has 5 aromatic rings. The van der Waals surface area contributed by atoms with E-state index < -0.39 is 0 Å². The van der Waals surface area contributed by atoms with Crippen LogP contribution in [0.1, 0.15) is 33.1 Å². The second kappa shape index (κ2) is 6.36. The fourth-order valence-electron chi connectivity index (χ4n) is 4.91. The van der Waals surface area contributed by atoms with E-state index in [0.717, 1.165) is 27.6 Å². The van der Waals surface area contributed by atoms with Gasteiger partial charge in [0.05, 0.1) is 6.04 Å². The predicted molar refractivity (Wildman–Crippen MR) is 119 cm³/mol. The number of benzene rings is 3. The van der Waals surface area contributed by atoms with Gasteiger partial charge in [-0.25, -0.2) is 0 Å². The van der Waals surface area contributed by atoms with Gasteiger partial charge in [0.15, 0.2) is 0 Å². The first-order valence-corrected chi connectivity index (χ1v) is 10.2. The number of amides is 1. The molecule has 30 heavy (non-hydrogen) atoms. The van der Waals surface area contributed by atoms with E-state index >= 15 is 0 Å². The lowest BCUT2D eigenvalue weighted by Crippen LogP contribution is -2.28. The van der Waals surface area contributed by atoms with Gasteiger partial charge in [-0.05, 0) is 29.3 Å². The molecule has 0 fully saturated rings. The van der Waals surface area contributed by atoms with Gasteiger partial charge in [0.2, 0.25) is 0 Å². The number of nitrogens with zero attached hydrogens (tertiary/aromatic N) is 2. The SMILES string of the molecule is Cn1cc([C@H]2c3ccccc3C(=O)N2Cc2c[nH]c3ccccc23)c2ccccc21. The third-order valence-electron chi connectivity index (χ3n) is 6.30. The number of carbonyl (C=O) groups excluding carboxylic acids is 1. The highest BCUT2D eigenvalue weighted by molar-refractivity contribution is 6.01. The van der Waals surface area contributed by atoms with Crippen molar-refractivity contribution in [2.75, 3.05) is 0 Å². The molecular formula is C26H21N3O. The van der Waals surface area contributed by atoms with E-state index in [9.17, 15) is 4.79 Å². The van der Waals surface area contributed by atoms with E-state index in [2.05, 4.69) is 65.3 Å². The number of fused-ring (bicyclic) bond motifs is 3. The molecule has 4 nitrogen and oxygen atoms in total. The molecule has 0 bridgehead atoms. The summed E-state index contributed by atoms with van der Waals surface area (Å²) in [5.41, 5.74) is 6.46. The van der Waals surface area contributed by atoms with Crippen LogP contribution in [0.15, 0.2) is 85.2 Å². The Kier molecular flexibility index (Phi) is 3.62. The first-order chi connectivity index (χ1) is 14.7. The third kappa shape index (κ3) is 2.37. The van der Waals surface area contributed by atoms with Crippen LogP contribution in [-0.4, -0.2) is 20.4 Å². The second-order valence-electron chi connectivity index (χ2n) is 7.99. The fourth-order valence-corrected chi connectivity index (χ4v) is 4.91. The Hall–Kier alpha value is -3.79. The Bertz CT molecular complexity index is 1420. The van der Waals surface area contributed by atoms with Crippen LogP contribution in [-0.2, 0) is 13.6 Å². The van der Waals surface area contributed by atoms with Crippen molar-refractivity contribution in [1.82, 2.24) is 14.5 Å². The quantitative estimate of drug-likeness (QED) is 0.439. The average molecular weight is 391 g/mol. The molecule has 1 aliphatic rings. The lowest BCUT2D eigenvalue weighted by Gasteiger charge is -2.25. The minimum absolute atomic E-state index is 0.0915. The first-order valence-electron chi connectivity index (χ1n) is 10.2. The van der Waals surface area contributed by atoms with Crippen LogP contribution in [0, 0.1) is 0 Å². The van der Waals surface area contributed by atoms with E-state index in [0.29, 0.717) is 6.54 Å². The van der Waals surface area contributed by atoms with E-state index in [-0.39, 0.29) is 11.9 Å². The summed E-state index contributed by atoms with van der Waals surface area (Å²) < 4.78 is 2.15. The minimum Gasteiger partial charge on any atom is -0.361 e. The molecule has 3 aromatic carbocycles. The first kappa shape index (κ1) is 17.1. The van der Waals surface area contributed by atoms with Crippen LogP contribution in [0.4, 0.5) is 0 Å². The molecule has 2 aromatic heterocycles. The number of aryl methyl sites for hydroxylation is 1. The molecular weight excluding hydrogens is 370 g/mol. The van der Waals surface area contributed by atoms with E-state index in [4.69, 9.17) is 0 Å². The Morgan fingerprint density at radius 2 is 1.60 bits per heavy atom. The monoisotopic (exact) mass is 391 g/mol. The van der Waals surface area contributed by atoms with Crippen molar-refractivity contribution in [3.05, 3.63) is 107 Å². The van der Waals surface area contributed by atoms with Crippen molar-refractivity contribution in [3.63, 3.8) is 0 Å². The highest BCUT2D eigenvalue weighted by Gasteiger charge is 2.39. The van der Waals surface area contributed by atoms with Crippen LogP contribution in [0.25, 0.3) is 21.8 Å². The summed E-state index contributed by atoms with van der Waals surface area (Å²) in [6.07, 6.45) is 4.20. The summed E-state index contributed by atoms with van der Waals surface area (Å²) in [4.78, 5) is 18.9. The molecule has 0 saturated heterocycles. The van der Waals surface area contributed by atoms with E-state index in [1.54, 1.807) is 0 Å². The molecule has 0 spiro atoms. The van der Waals surface area contributed by atoms with Crippen LogP contribution in [0.2, 0.25) is 0 Å². The smallest absolute Gasteiger partial charge is 0.255 e. The number of nitrogens with one attached hydrogen (secondary N) is 1. The maximum absolute atomic E-state index is 13.5. The number of aromatic amines is 1. The van der Waals surface area contributed by atoms with Crippen LogP contribution in [0.5, 0.6) is 0 Å². The molecule has 0 radical (unpaired) electrons. The number of para-hydroxylation sites is 2. The Balaban J connectivity index is 1.53. The maximum Gasteiger partial charge on any atom is 0.255 e. The van der Waals surface area contributed by atoms with Gasteiger partial charge >= 0.3 is 0 Å². The average Bonchev–Trinajstić information content (AvgIpc) is 3.42. The predicted octanol–water partition coefficient (Wildman–Crippen LogP) is 5.41. The van der Waals surface area contributed by atoms with E-state index in [1.807, 2.05) is 41.4 Å². The molecule has 0 unspecified atom stereocenters. The van der Waals surface area contributed by atoms with Gasteiger partial charge in [0.25, 0.3) is 5.91 Å². The molecule has 1 N–H and O–H groups in total. The largest absolute Gasteiger partial charge is 0.361 e. The van der Waals surface area contributed by atoms with Crippen molar-refractivity contribution in [3.8, 4) is 0 Å². The number of carbonyl (C=O) groups is 1. The molecule has 1 aliphatic heterocycles. The number of rotatable bonds is 3. The van der Waals surface area contributed by atoms with Crippen molar-refractivity contribution in [2.45, 2.75) is 12.6 Å². The number of H-pyrrole nitrogens is 1. The zero-order valence-corrected chi connectivity index (χ0v) is 16.7. The van der Waals surface area contributed by atoms with Crippen molar-refractivity contribution in [1.29, 1.82) is 0 Å². The van der Waals surface area contributed by atoms with Crippen LogP contribution in [0.3, 0.4) is 0 Å². The lowest BCUT2D eigenvalue weighted by molar-refractivity contribution is 0.0737. The summed E-state index contributed by atoms with van der Waals surface area (Å²) in [6.45, 7) is 0.561. The minimum atomic E-state index is -0.103. The van der Waals surface area contributed by atoms with Crippen molar-refractivity contribution >= 4 is 27.7 Å². The van der Waals surface area contributed by atoms with Crippen LogP contribution >= 0.6 is 0 Å². The van der Waals surface area contributed by atoms with Gasteiger partial charge in [-0.15, -0.1) is 0 Å². The lowest BCUT2D eigenvalue weighted by atomic mass is 9.97. The summed E-state index contributed by atoms with van der Waals surface area (Å²) in [6, 6.07) is 24.6. The molecule has 1 atom stereocenters. The summed E-state index contributed by atoms with van der Waals surface area (Å²) >= 11 is 0. The molecule has 146 valence electrons. The van der Waals surface area contributed by atoms with Gasteiger partial charge in [0, 0.05) is 58.9 Å². The van der Waals surface area contributed by atoms with E-state index in [1.165, 1.54) is 16.5 Å². The summed E-state index contributed by atoms with van der Waals surface area (Å²) in [7, 11) is 2.07. The van der Waals surface area contributed by atoms with Crippen LogP contribution < -0.4 is 0 Å². The zero-order chi connectivity index (χ0) is 20.2. The number of aromatic nitrogens is 2. The van der Waals surface area contributed by atoms with Gasteiger partial charge in [-0.2, -0.15) is 0 Å². The fraction of sp³-hybridized carbons (Fsp3) is 0.115. The van der Waals surface area contributed by atoms with Gasteiger partial charge < -0.3 is 14.5 Å². The second-order valence-corrected chi connectivity index (χ2v) is 7.99. The molecule has 0 saturated carbocycles. The summed E-state index contributed by atoms with van der Waals surface area (Å²) in [5, 5.41) is 2.36. The summed E-state index contributed by atoms with van der Waals surface area (Å²) in [5.74, 6) is 0.0915. The Morgan fingerprint density at radius 1 is 0.867 bits per heavy atom.